The predicted octanol–water partition coefficient (Wildman–Crippen LogP) is 3.95. The van der Waals surface area contributed by atoms with Gasteiger partial charge >= 0.3 is 0 Å². The standard InChI is InChI=1S/C21H19N3O3S/c1-14-11-17(15-5-3-2-4-6-15)24-21(22-14)28-13-20(25)23-16-7-8-18-19(12-16)27-10-9-26-18/h2-8,11-12H,9-10,13H2,1H3,(H,23,25). The van der Waals surface area contributed by atoms with E-state index in [9.17, 15) is 4.79 Å². The Kier molecular flexibility index (Phi) is 5.43. The van der Waals surface area contributed by atoms with Crippen LogP contribution in [0.2, 0.25) is 0 Å². The molecule has 0 saturated heterocycles. The second-order valence-electron chi connectivity index (χ2n) is 6.24. The fourth-order valence-electron chi connectivity index (χ4n) is 2.81. The Bertz CT molecular complexity index is 995. The van der Waals surface area contributed by atoms with Gasteiger partial charge in [-0.25, -0.2) is 9.97 Å². The van der Waals surface area contributed by atoms with Crippen LogP contribution >= 0.6 is 11.8 Å². The van der Waals surface area contributed by atoms with Crippen molar-refractivity contribution in [2.24, 2.45) is 0 Å². The van der Waals surface area contributed by atoms with Gasteiger partial charge in [0.2, 0.25) is 5.91 Å². The third kappa shape index (κ3) is 4.43. The fraction of sp³-hybridized carbons (Fsp3) is 0.190. The molecular formula is C21H19N3O3S. The van der Waals surface area contributed by atoms with E-state index >= 15 is 0 Å². The van der Waals surface area contributed by atoms with E-state index in [0.717, 1.165) is 17.0 Å². The number of thioether (sulfide) groups is 1. The second kappa shape index (κ2) is 8.31. The number of hydrogen-bond acceptors (Lipinski definition) is 6. The molecule has 1 N–H and O–H groups in total. The van der Waals surface area contributed by atoms with Crippen LogP contribution in [0.1, 0.15) is 5.69 Å². The smallest absolute Gasteiger partial charge is 0.234 e. The van der Waals surface area contributed by atoms with Crippen molar-refractivity contribution >= 4 is 23.4 Å². The van der Waals surface area contributed by atoms with Gasteiger partial charge in [0.1, 0.15) is 13.2 Å². The van der Waals surface area contributed by atoms with Gasteiger partial charge in [-0.15, -0.1) is 0 Å². The first-order chi connectivity index (χ1) is 13.7. The summed E-state index contributed by atoms with van der Waals surface area (Å²) < 4.78 is 11.0. The predicted molar refractivity (Wildman–Crippen MR) is 109 cm³/mol. The van der Waals surface area contributed by atoms with E-state index in [2.05, 4.69) is 15.3 Å². The molecule has 0 saturated carbocycles. The highest BCUT2D eigenvalue weighted by Gasteiger charge is 2.13. The number of carbonyl (C=O) groups excluding carboxylic acids is 1. The molecular weight excluding hydrogens is 374 g/mol. The number of amides is 1. The van der Waals surface area contributed by atoms with Gasteiger partial charge in [-0.3, -0.25) is 4.79 Å². The number of anilines is 1. The number of ether oxygens (including phenoxy) is 2. The normalized spacial score (nSPS) is 12.5. The minimum Gasteiger partial charge on any atom is -0.486 e. The van der Waals surface area contributed by atoms with Crippen LogP contribution in [0.5, 0.6) is 11.5 Å². The van der Waals surface area contributed by atoms with Gasteiger partial charge in [-0.1, -0.05) is 42.1 Å². The fourth-order valence-corrected chi connectivity index (χ4v) is 3.51. The maximum Gasteiger partial charge on any atom is 0.234 e. The lowest BCUT2D eigenvalue weighted by Gasteiger charge is -2.18. The number of nitrogens with zero attached hydrogens (tertiary/aromatic N) is 2. The molecule has 1 aromatic heterocycles. The Morgan fingerprint density at radius 2 is 1.82 bits per heavy atom. The van der Waals surface area contributed by atoms with Crippen LogP contribution in [0, 0.1) is 6.92 Å². The van der Waals surface area contributed by atoms with E-state index in [-0.39, 0.29) is 11.7 Å². The van der Waals surface area contributed by atoms with E-state index in [1.807, 2.05) is 43.3 Å². The third-order valence-corrected chi connectivity index (χ3v) is 4.91. The maximum atomic E-state index is 12.3. The molecule has 1 aliphatic rings. The molecule has 142 valence electrons. The van der Waals surface area contributed by atoms with Crippen molar-refractivity contribution in [3.63, 3.8) is 0 Å². The topological polar surface area (TPSA) is 73.3 Å². The van der Waals surface area contributed by atoms with Crippen LogP contribution in [0.3, 0.4) is 0 Å². The number of nitrogens with one attached hydrogen (secondary N) is 1. The van der Waals surface area contributed by atoms with Crippen molar-refractivity contribution in [1.82, 2.24) is 9.97 Å². The minimum absolute atomic E-state index is 0.131. The summed E-state index contributed by atoms with van der Waals surface area (Å²) in [6.07, 6.45) is 0. The lowest BCUT2D eigenvalue weighted by molar-refractivity contribution is -0.113. The van der Waals surface area contributed by atoms with Gasteiger partial charge in [-0.05, 0) is 25.1 Å². The van der Waals surface area contributed by atoms with E-state index < -0.39 is 0 Å². The molecule has 6 nitrogen and oxygen atoms in total. The van der Waals surface area contributed by atoms with E-state index in [4.69, 9.17) is 9.47 Å². The van der Waals surface area contributed by atoms with Crippen molar-refractivity contribution < 1.29 is 14.3 Å². The van der Waals surface area contributed by atoms with Gasteiger partial charge in [0, 0.05) is 23.0 Å². The molecule has 0 radical (unpaired) electrons. The summed E-state index contributed by atoms with van der Waals surface area (Å²) in [5, 5.41) is 3.45. The molecule has 1 aliphatic heterocycles. The van der Waals surface area contributed by atoms with Crippen molar-refractivity contribution in [3.05, 3.63) is 60.3 Å². The molecule has 0 aliphatic carbocycles. The number of aromatic nitrogens is 2. The largest absolute Gasteiger partial charge is 0.486 e. The van der Waals surface area contributed by atoms with E-state index in [1.165, 1.54) is 11.8 Å². The third-order valence-electron chi connectivity index (χ3n) is 4.06. The summed E-state index contributed by atoms with van der Waals surface area (Å²) in [4.78, 5) is 21.3. The van der Waals surface area contributed by atoms with Crippen molar-refractivity contribution in [2.75, 3.05) is 24.3 Å². The number of fused-ring (bicyclic) bond motifs is 1. The average Bonchev–Trinajstić information content (AvgIpc) is 2.72. The van der Waals surface area contributed by atoms with Crippen LogP contribution in [-0.4, -0.2) is 34.8 Å². The van der Waals surface area contributed by atoms with Gasteiger partial charge in [0.25, 0.3) is 0 Å². The van der Waals surface area contributed by atoms with Crippen molar-refractivity contribution in [3.8, 4) is 22.8 Å². The van der Waals surface area contributed by atoms with E-state index in [0.29, 0.717) is 35.6 Å². The molecule has 0 bridgehead atoms. The van der Waals surface area contributed by atoms with Gasteiger partial charge in [-0.2, -0.15) is 0 Å². The first kappa shape index (κ1) is 18.3. The van der Waals surface area contributed by atoms with Crippen molar-refractivity contribution in [2.45, 2.75) is 12.1 Å². The first-order valence-electron chi connectivity index (χ1n) is 8.91. The molecule has 3 aromatic rings. The van der Waals surface area contributed by atoms with Gasteiger partial charge in [0.05, 0.1) is 11.4 Å². The number of benzene rings is 2. The number of aryl methyl sites for hydroxylation is 1. The zero-order chi connectivity index (χ0) is 19.3. The Morgan fingerprint density at radius 1 is 1.04 bits per heavy atom. The molecule has 0 fully saturated rings. The first-order valence-corrected chi connectivity index (χ1v) is 9.89. The number of hydrogen-bond donors (Lipinski definition) is 1. The lowest BCUT2D eigenvalue weighted by Crippen LogP contribution is -2.17. The van der Waals surface area contributed by atoms with Crippen LogP contribution in [-0.2, 0) is 4.79 Å². The second-order valence-corrected chi connectivity index (χ2v) is 7.18. The molecule has 1 amide bonds. The summed E-state index contributed by atoms with van der Waals surface area (Å²) >= 11 is 1.31. The molecule has 28 heavy (non-hydrogen) atoms. The Hall–Kier alpha value is -3.06. The van der Waals surface area contributed by atoms with Crippen LogP contribution in [0.4, 0.5) is 5.69 Å². The van der Waals surface area contributed by atoms with E-state index in [1.54, 1.807) is 18.2 Å². The summed E-state index contributed by atoms with van der Waals surface area (Å²) in [5.74, 6) is 1.42. The summed E-state index contributed by atoms with van der Waals surface area (Å²) in [6.45, 7) is 2.97. The summed E-state index contributed by atoms with van der Waals surface area (Å²) in [5.41, 5.74) is 3.41. The van der Waals surface area contributed by atoms with Crippen LogP contribution in [0.15, 0.2) is 59.8 Å². The highest BCUT2D eigenvalue weighted by molar-refractivity contribution is 7.99. The monoisotopic (exact) mass is 393 g/mol. The Morgan fingerprint density at radius 3 is 2.64 bits per heavy atom. The molecule has 4 rings (SSSR count). The quantitative estimate of drug-likeness (QED) is 0.523. The molecule has 2 heterocycles. The number of rotatable bonds is 5. The molecule has 0 unspecified atom stereocenters. The Labute approximate surface area is 167 Å². The minimum atomic E-state index is -0.131. The van der Waals surface area contributed by atoms with Crippen LogP contribution < -0.4 is 14.8 Å². The van der Waals surface area contributed by atoms with Gasteiger partial charge in [0.15, 0.2) is 16.7 Å². The zero-order valence-electron chi connectivity index (χ0n) is 15.3. The SMILES string of the molecule is Cc1cc(-c2ccccc2)nc(SCC(=O)Nc2ccc3c(c2)OCCO3)n1. The lowest BCUT2D eigenvalue weighted by atomic mass is 10.1. The summed E-state index contributed by atoms with van der Waals surface area (Å²) in [6, 6.07) is 17.2. The summed E-state index contributed by atoms with van der Waals surface area (Å²) in [7, 11) is 0. The molecule has 7 heteroatoms. The average molecular weight is 393 g/mol. The van der Waals surface area contributed by atoms with Crippen LogP contribution in [0.25, 0.3) is 11.3 Å². The highest BCUT2D eigenvalue weighted by Crippen LogP contribution is 2.32. The maximum absolute atomic E-state index is 12.3. The molecule has 0 spiro atoms. The Balaban J connectivity index is 1.40. The highest BCUT2D eigenvalue weighted by atomic mass is 32.2. The zero-order valence-corrected chi connectivity index (χ0v) is 16.2. The molecule has 0 atom stereocenters. The molecule has 2 aromatic carbocycles. The van der Waals surface area contributed by atoms with Gasteiger partial charge < -0.3 is 14.8 Å². The van der Waals surface area contributed by atoms with Crippen molar-refractivity contribution in [1.29, 1.82) is 0 Å². The number of carbonyl (C=O) groups is 1.